The molecule has 2 bridgehead atoms. The van der Waals surface area contributed by atoms with Crippen LogP contribution >= 0.6 is 0 Å². The number of likely N-dealkylation sites (tertiary alicyclic amines) is 1. The van der Waals surface area contributed by atoms with E-state index in [-0.39, 0.29) is 11.5 Å². The van der Waals surface area contributed by atoms with Gasteiger partial charge in [-0.2, -0.15) is 0 Å². The molecule has 4 nitrogen and oxygen atoms in total. The summed E-state index contributed by atoms with van der Waals surface area (Å²) in [6, 6.07) is 6.33. The van der Waals surface area contributed by atoms with Crippen molar-refractivity contribution in [3.8, 4) is 0 Å². The standard InChI is InChI=1S/C21H30N2O2/c1-4-23-12-18-17(19-7-8-21(18,13-23)25-19)11-22-20(24)10-16-9-14(2)5-6-15(16)3/h5-6,9,17-19H,4,7-8,10-13H2,1-3H3,(H,22,24)/t17-,18+,19+,21+/m0/s1. The van der Waals surface area contributed by atoms with E-state index in [2.05, 4.69) is 49.2 Å². The molecular weight excluding hydrogens is 312 g/mol. The van der Waals surface area contributed by atoms with E-state index in [0.29, 0.717) is 24.4 Å². The number of rotatable bonds is 5. The summed E-state index contributed by atoms with van der Waals surface area (Å²) in [6.45, 7) is 10.4. The predicted octanol–water partition coefficient (Wildman–Crippen LogP) is 2.46. The maximum Gasteiger partial charge on any atom is 0.224 e. The van der Waals surface area contributed by atoms with Gasteiger partial charge in [-0.05, 0) is 44.4 Å². The lowest BCUT2D eigenvalue weighted by molar-refractivity contribution is -0.120. The van der Waals surface area contributed by atoms with Crippen LogP contribution in [0, 0.1) is 25.7 Å². The summed E-state index contributed by atoms with van der Waals surface area (Å²) in [7, 11) is 0. The molecule has 4 rings (SSSR count). The summed E-state index contributed by atoms with van der Waals surface area (Å²) in [4.78, 5) is 15.0. The number of hydrogen-bond acceptors (Lipinski definition) is 3. The number of ether oxygens (including phenoxy) is 1. The average molecular weight is 342 g/mol. The molecule has 1 spiro atoms. The van der Waals surface area contributed by atoms with Gasteiger partial charge < -0.3 is 15.0 Å². The van der Waals surface area contributed by atoms with Crippen LogP contribution in [0.4, 0.5) is 0 Å². The molecule has 0 saturated carbocycles. The molecule has 3 saturated heterocycles. The highest BCUT2D eigenvalue weighted by atomic mass is 16.5. The monoisotopic (exact) mass is 342 g/mol. The molecule has 0 aromatic heterocycles. The zero-order valence-corrected chi connectivity index (χ0v) is 15.7. The summed E-state index contributed by atoms with van der Waals surface area (Å²) in [5.41, 5.74) is 3.62. The molecule has 4 heteroatoms. The normalized spacial score (nSPS) is 33.6. The highest BCUT2D eigenvalue weighted by Gasteiger charge is 2.62. The van der Waals surface area contributed by atoms with Crippen LogP contribution in [-0.2, 0) is 16.0 Å². The van der Waals surface area contributed by atoms with Crippen molar-refractivity contribution in [1.29, 1.82) is 0 Å². The number of likely N-dealkylation sites (N-methyl/N-ethyl adjacent to an activating group) is 1. The maximum atomic E-state index is 12.5. The first-order chi connectivity index (χ1) is 12.0. The lowest BCUT2D eigenvalue weighted by Crippen LogP contribution is -2.42. The summed E-state index contributed by atoms with van der Waals surface area (Å²) in [5, 5.41) is 3.21. The fourth-order valence-electron chi connectivity index (χ4n) is 5.26. The fraction of sp³-hybridized carbons (Fsp3) is 0.667. The number of nitrogens with one attached hydrogen (secondary N) is 1. The van der Waals surface area contributed by atoms with Crippen LogP contribution in [0.5, 0.6) is 0 Å². The molecule has 136 valence electrons. The van der Waals surface area contributed by atoms with Crippen LogP contribution < -0.4 is 5.32 Å². The number of carbonyl (C=O) groups excluding carboxylic acids is 1. The number of hydrogen-bond donors (Lipinski definition) is 1. The summed E-state index contributed by atoms with van der Waals surface area (Å²) < 4.78 is 6.42. The molecule has 0 unspecified atom stereocenters. The maximum absolute atomic E-state index is 12.5. The molecule has 4 atom stereocenters. The Bertz CT molecular complexity index is 674. The number of fused-ring (bicyclic) bond motifs is 1. The van der Waals surface area contributed by atoms with Gasteiger partial charge in [-0.25, -0.2) is 0 Å². The Morgan fingerprint density at radius 3 is 3.04 bits per heavy atom. The van der Waals surface area contributed by atoms with Crippen LogP contribution in [0.1, 0.15) is 36.5 Å². The van der Waals surface area contributed by atoms with Crippen molar-refractivity contribution >= 4 is 5.91 Å². The van der Waals surface area contributed by atoms with Crippen LogP contribution in [0.3, 0.4) is 0 Å². The van der Waals surface area contributed by atoms with Crippen LogP contribution in [0.25, 0.3) is 0 Å². The third kappa shape index (κ3) is 3.00. The molecule has 1 N–H and O–H groups in total. The molecule has 0 aliphatic carbocycles. The van der Waals surface area contributed by atoms with Crippen molar-refractivity contribution in [3.05, 3.63) is 34.9 Å². The van der Waals surface area contributed by atoms with E-state index < -0.39 is 0 Å². The van der Waals surface area contributed by atoms with Gasteiger partial charge in [0.1, 0.15) is 0 Å². The Morgan fingerprint density at radius 1 is 1.40 bits per heavy atom. The molecule has 1 amide bonds. The summed E-state index contributed by atoms with van der Waals surface area (Å²) in [6.07, 6.45) is 3.19. The van der Waals surface area contributed by atoms with E-state index in [1.165, 1.54) is 17.5 Å². The van der Waals surface area contributed by atoms with Gasteiger partial charge in [0.2, 0.25) is 5.91 Å². The highest BCUT2D eigenvalue weighted by Crippen LogP contribution is 2.54. The Balaban J connectivity index is 1.37. The first-order valence-corrected chi connectivity index (χ1v) is 9.74. The minimum absolute atomic E-state index is 0.0865. The predicted molar refractivity (Wildman–Crippen MR) is 98.6 cm³/mol. The van der Waals surface area contributed by atoms with Crippen molar-refractivity contribution in [3.63, 3.8) is 0 Å². The smallest absolute Gasteiger partial charge is 0.224 e. The van der Waals surface area contributed by atoms with Gasteiger partial charge in [-0.15, -0.1) is 0 Å². The molecule has 25 heavy (non-hydrogen) atoms. The zero-order valence-electron chi connectivity index (χ0n) is 15.7. The number of benzene rings is 1. The Kier molecular flexibility index (Phi) is 4.37. The second-order valence-corrected chi connectivity index (χ2v) is 8.27. The van der Waals surface area contributed by atoms with Gasteiger partial charge in [0.05, 0.1) is 18.1 Å². The van der Waals surface area contributed by atoms with Gasteiger partial charge in [0.25, 0.3) is 0 Å². The van der Waals surface area contributed by atoms with E-state index in [1.807, 2.05) is 0 Å². The van der Waals surface area contributed by atoms with Gasteiger partial charge >= 0.3 is 0 Å². The van der Waals surface area contributed by atoms with Gasteiger partial charge in [0.15, 0.2) is 0 Å². The first-order valence-electron chi connectivity index (χ1n) is 9.74. The van der Waals surface area contributed by atoms with Crippen LogP contribution in [-0.4, -0.2) is 48.7 Å². The Morgan fingerprint density at radius 2 is 2.24 bits per heavy atom. The van der Waals surface area contributed by atoms with Crippen molar-refractivity contribution in [1.82, 2.24) is 10.2 Å². The van der Waals surface area contributed by atoms with Gasteiger partial charge in [-0.3, -0.25) is 4.79 Å². The zero-order chi connectivity index (χ0) is 17.6. The molecule has 1 aromatic carbocycles. The molecular formula is C21H30N2O2. The lowest BCUT2D eigenvalue weighted by Gasteiger charge is -2.29. The lowest BCUT2D eigenvalue weighted by atomic mass is 9.73. The SMILES string of the molecule is CCN1C[C@@H]2[C@H](CNC(=O)Cc3cc(C)ccc3C)[C@H]3CC[C@]2(C1)O3. The van der Waals surface area contributed by atoms with E-state index in [9.17, 15) is 4.79 Å². The highest BCUT2D eigenvalue weighted by molar-refractivity contribution is 5.79. The number of nitrogens with zero attached hydrogens (tertiary/aromatic N) is 1. The molecule has 3 aliphatic heterocycles. The molecule has 3 fully saturated rings. The quantitative estimate of drug-likeness (QED) is 0.894. The number of carbonyl (C=O) groups is 1. The second kappa shape index (κ2) is 6.40. The Hall–Kier alpha value is -1.39. The molecule has 3 aliphatic rings. The van der Waals surface area contributed by atoms with Crippen LogP contribution in [0.15, 0.2) is 18.2 Å². The molecule has 3 heterocycles. The fourth-order valence-corrected chi connectivity index (χ4v) is 5.26. The summed E-state index contributed by atoms with van der Waals surface area (Å²) in [5.74, 6) is 1.20. The third-order valence-electron chi connectivity index (χ3n) is 6.69. The Labute approximate surface area is 150 Å². The minimum Gasteiger partial charge on any atom is -0.370 e. The topological polar surface area (TPSA) is 41.6 Å². The third-order valence-corrected chi connectivity index (χ3v) is 6.69. The number of aryl methyl sites for hydroxylation is 2. The van der Waals surface area contributed by atoms with E-state index in [0.717, 1.165) is 38.2 Å². The summed E-state index contributed by atoms with van der Waals surface area (Å²) >= 11 is 0. The van der Waals surface area contributed by atoms with Gasteiger partial charge in [0, 0.05) is 31.5 Å². The van der Waals surface area contributed by atoms with Crippen molar-refractivity contribution in [2.45, 2.75) is 51.7 Å². The van der Waals surface area contributed by atoms with Crippen molar-refractivity contribution in [2.75, 3.05) is 26.2 Å². The van der Waals surface area contributed by atoms with Crippen LogP contribution in [0.2, 0.25) is 0 Å². The van der Waals surface area contributed by atoms with E-state index in [1.54, 1.807) is 0 Å². The van der Waals surface area contributed by atoms with E-state index in [4.69, 9.17) is 4.74 Å². The van der Waals surface area contributed by atoms with E-state index >= 15 is 0 Å². The first kappa shape index (κ1) is 17.0. The minimum atomic E-state index is 0.0865. The van der Waals surface area contributed by atoms with Crippen molar-refractivity contribution < 1.29 is 9.53 Å². The molecule has 1 aromatic rings. The largest absolute Gasteiger partial charge is 0.370 e. The van der Waals surface area contributed by atoms with Gasteiger partial charge in [-0.1, -0.05) is 30.7 Å². The van der Waals surface area contributed by atoms with Crippen molar-refractivity contribution in [2.24, 2.45) is 11.8 Å². The second-order valence-electron chi connectivity index (χ2n) is 8.27. The number of amides is 1. The molecule has 0 radical (unpaired) electrons. The average Bonchev–Trinajstić information content (AvgIpc) is 3.24.